The van der Waals surface area contributed by atoms with Crippen LogP contribution in [0.2, 0.25) is 0 Å². The van der Waals surface area contributed by atoms with Crippen LogP contribution in [0.25, 0.3) is 0 Å². The zero-order valence-electron chi connectivity index (χ0n) is 15.1. The van der Waals surface area contributed by atoms with Crippen LogP contribution in [0.1, 0.15) is 36.0 Å². The van der Waals surface area contributed by atoms with Gasteiger partial charge < -0.3 is 15.1 Å². The van der Waals surface area contributed by atoms with Crippen molar-refractivity contribution < 1.29 is 4.79 Å². The van der Waals surface area contributed by atoms with Crippen LogP contribution >= 0.6 is 0 Å². The van der Waals surface area contributed by atoms with E-state index >= 15 is 0 Å². The lowest BCUT2D eigenvalue weighted by molar-refractivity contribution is 0.0714. The van der Waals surface area contributed by atoms with Gasteiger partial charge in [-0.1, -0.05) is 18.2 Å². The van der Waals surface area contributed by atoms with E-state index in [0.29, 0.717) is 11.6 Å². The zero-order chi connectivity index (χ0) is 17.8. The summed E-state index contributed by atoms with van der Waals surface area (Å²) in [6, 6.07) is 14.4. The number of carbonyl (C=O) groups is 1. The fourth-order valence-electron chi connectivity index (χ4n) is 3.88. The minimum atomic E-state index is 0.0880. The van der Waals surface area contributed by atoms with Crippen molar-refractivity contribution in [3.05, 3.63) is 54.2 Å². The molecule has 2 saturated heterocycles. The van der Waals surface area contributed by atoms with E-state index in [9.17, 15) is 4.79 Å². The molecule has 1 amide bonds. The number of anilines is 2. The Labute approximate surface area is 155 Å². The van der Waals surface area contributed by atoms with Crippen molar-refractivity contribution >= 4 is 17.4 Å². The van der Waals surface area contributed by atoms with E-state index in [1.807, 2.05) is 35.2 Å². The lowest BCUT2D eigenvalue weighted by atomic mass is 10.0. The molecule has 1 aromatic carbocycles. The molecule has 0 spiro atoms. The first kappa shape index (κ1) is 16.9. The lowest BCUT2D eigenvalue weighted by Crippen LogP contribution is -2.45. The maximum Gasteiger partial charge on any atom is 0.255 e. The summed E-state index contributed by atoms with van der Waals surface area (Å²) in [5.41, 5.74) is 1.80. The molecular weight excluding hydrogens is 324 g/mol. The van der Waals surface area contributed by atoms with Gasteiger partial charge in [0.15, 0.2) is 0 Å². The number of hydrogen-bond donors (Lipinski definition) is 1. The molecule has 1 atom stereocenters. The Balaban J connectivity index is 1.39. The first-order valence-corrected chi connectivity index (χ1v) is 9.61. The number of carbonyl (C=O) groups excluding carboxylic acids is 1. The van der Waals surface area contributed by atoms with Gasteiger partial charge in [0.25, 0.3) is 5.91 Å². The van der Waals surface area contributed by atoms with Crippen molar-refractivity contribution in [1.82, 2.24) is 9.88 Å². The quantitative estimate of drug-likeness (QED) is 0.918. The average Bonchev–Trinajstić information content (AvgIpc) is 3.23. The molecule has 0 saturated carbocycles. The van der Waals surface area contributed by atoms with Crippen LogP contribution in [0.5, 0.6) is 0 Å². The van der Waals surface area contributed by atoms with E-state index in [2.05, 4.69) is 27.3 Å². The van der Waals surface area contributed by atoms with Gasteiger partial charge in [-0.25, -0.2) is 4.98 Å². The van der Waals surface area contributed by atoms with Crippen molar-refractivity contribution in [2.24, 2.45) is 0 Å². The van der Waals surface area contributed by atoms with Gasteiger partial charge in [0, 0.05) is 44.1 Å². The molecule has 2 fully saturated rings. The summed E-state index contributed by atoms with van der Waals surface area (Å²) in [6.07, 6.45) is 6.31. The third-order valence-electron chi connectivity index (χ3n) is 5.28. The highest BCUT2D eigenvalue weighted by Gasteiger charge is 2.25. The standard InChI is InChI=1S/C21H26N4O/c26-21(17-10-11-20(22-15-17)24-12-4-5-13-24)25-14-6-9-19(16-25)23-18-7-2-1-3-8-18/h1-3,7-8,10-11,15,19,23H,4-6,9,12-14,16H2. The summed E-state index contributed by atoms with van der Waals surface area (Å²) in [7, 11) is 0. The molecule has 2 aromatic rings. The Morgan fingerprint density at radius 1 is 1.00 bits per heavy atom. The van der Waals surface area contributed by atoms with Crippen LogP contribution in [0.4, 0.5) is 11.5 Å². The normalized spacial score (nSPS) is 20.2. The molecule has 0 radical (unpaired) electrons. The number of para-hydroxylation sites is 1. The lowest BCUT2D eigenvalue weighted by Gasteiger charge is -2.33. The topological polar surface area (TPSA) is 48.5 Å². The molecule has 3 heterocycles. The molecule has 4 rings (SSSR count). The number of pyridine rings is 1. The van der Waals surface area contributed by atoms with Crippen LogP contribution in [0.3, 0.4) is 0 Å². The van der Waals surface area contributed by atoms with Crippen molar-refractivity contribution in [3.8, 4) is 0 Å². The number of likely N-dealkylation sites (tertiary alicyclic amines) is 1. The minimum Gasteiger partial charge on any atom is -0.381 e. The van der Waals surface area contributed by atoms with E-state index in [-0.39, 0.29) is 5.91 Å². The Morgan fingerprint density at radius 2 is 1.81 bits per heavy atom. The van der Waals surface area contributed by atoms with Gasteiger partial charge in [-0.3, -0.25) is 4.79 Å². The fourth-order valence-corrected chi connectivity index (χ4v) is 3.88. The summed E-state index contributed by atoms with van der Waals surface area (Å²) < 4.78 is 0. The summed E-state index contributed by atoms with van der Waals surface area (Å²) >= 11 is 0. The van der Waals surface area contributed by atoms with Gasteiger partial charge >= 0.3 is 0 Å². The molecule has 1 aromatic heterocycles. The Kier molecular flexibility index (Phi) is 5.04. The van der Waals surface area contributed by atoms with Crippen LogP contribution in [0, 0.1) is 0 Å². The van der Waals surface area contributed by atoms with Gasteiger partial charge in [0.05, 0.1) is 5.56 Å². The predicted molar refractivity (Wildman–Crippen MR) is 105 cm³/mol. The fraction of sp³-hybridized carbons (Fsp3) is 0.429. The molecule has 2 aliphatic rings. The predicted octanol–water partition coefficient (Wildman–Crippen LogP) is 3.40. The number of nitrogens with zero attached hydrogens (tertiary/aromatic N) is 3. The summed E-state index contributed by atoms with van der Waals surface area (Å²) in [6.45, 7) is 3.69. The molecular formula is C21H26N4O. The number of amides is 1. The van der Waals surface area contributed by atoms with Gasteiger partial charge in [0.1, 0.15) is 5.82 Å². The maximum atomic E-state index is 12.9. The second-order valence-electron chi connectivity index (χ2n) is 7.20. The van der Waals surface area contributed by atoms with E-state index < -0.39 is 0 Å². The molecule has 0 aliphatic carbocycles. The molecule has 5 heteroatoms. The highest BCUT2D eigenvalue weighted by Crippen LogP contribution is 2.20. The Morgan fingerprint density at radius 3 is 2.54 bits per heavy atom. The summed E-state index contributed by atoms with van der Waals surface area (Å²) in [5.74, 6) is 1.08. The molecule has 0 bridgehead atoms. The van der Waals surface area contributed by atoms with Crippen LogP contribution in [0.15, 0.2) is 48.7 Å². The summed E-state index contributed by atoms with van der Waals surface area (Å²) in [4.78, 5) is 21.6. The third-order valence-corrected chi connectivity index (χ3v) is 5.28. The highest BCUT2D eigenvalue weighted by molar-refractivity contribution is 5.94. The number of benzene rings is 1. The molecule has 5 nitrogen and oxygen atoms in total. The van der Waals surface area contributed by atoms with Gasteiger partial charge in [-0.15, -0.1) is 0 Å². The first-order valence-electron chi connectivity index (χ1n) is 9.61. The van der Waals surface area contributed by atoms with Crippen LogP contribution < -0.4 is 10.2 Å². The molecule has 1 unspecified atom stereocenters. The van der Waals surface area contributed by atoms with Crippen molar-refractivity contribution in [1.29, 1.82) is 0 Å². The SMILES string of the molecule is O=C(c1ccc(N2CCCC2)nc1)N1CCCC(Nc2ccccc2)C1. The van der Waals surface area contributed by atoms with Crippen molar-refractivity contribution in [2.45, 2.75) is 31.7 Å². The van der Waals surface area contributed by atoms with E-state index in [1.54, 1.807) is 6.20 Å². The molecule has 136 valence electrons. The maximum absolute atomic E-state index is 12.9. The van der Waals surface area contributed by atoms with E-state index in [4.69, 9.17) is 0 Å². The van der Waals surface area contributed by atoms with Crippen LogP contribution in [-0.2, 0) is 0 Å². The highest BCUT2D eigenvalue weighted by atomic mass is 16.2. The molecule has 1 N–H and O–H groups in total. The van der Waals surface area contributed by atoms with Gasteiger partial charge in [-0.05, 0) is 49.9 Å². The monoisotopic (exact) mass is 350 g/mol. The second-order valence-corrected chi connectivity index (χ2v) is 7.20. The zero-order valence-corrected chi connectivity index (χ0v) is 15.1. The molecule has 26 heavy (non-hydrogen) atoms. The molecule has 2 aliphatic heterocycles. The third kappa shape index (κ3) is 3.82. The smallest absolute Gasteiger partial charge is 0.255 e. The van der Waals surface area contributed by atoms with Gasteiger partial charge in [-0.2, -0.15) is 0 Å². The van der Waals surface area contributed by atoms with Crippen LogP contribution in [-0.4, -0.2) is 48.0 Å². The number of nitrogens with one attached hydrogen (secondary N) is 1. The number of piperidine rings is 1. The largest absolute Gasteiger partial charge is 0.381 e. The second kappa shape index (κ2) is 7.77. The van der Waals surface area contributed by atoms with E-state index in [0.717, 1.165) is 50.5 Å². The van der Waals surface area contributed by atoms with Gasteiger partial charge in [0.2, 0.25) is 0 Å². The summed E-state index contributed by atoms with van der Waals surface area (Å²) in [5, 5.41) is 3.55. The van der Waals surface area contributed by atoms with Crippen molar-refractivity contribution in [3.63, 3.8) is 0 Å². The average molecular weight is 350 g/mol. The van der Waals surface area contributed by atoms with E-state index in [1.165, 1.54) is 12.8 Å². The Bertz CT molecular complexity index is 725. The number of rotatable bonds is 4. The number of aromatic nitrogens is 1. The van der Waals surface area contributed by atoms with Crippen molar-refractivity contribution in [2.75, 3.05) is 36.4 Å². The minimum absolute atomic E-state index is 0.0880. The first-order chi connectivity index (χ1) is 12.8. The Hall–Kier alpha value is -2.56. The number of hydrogen-bond acceptors (Lipinski definition) is 4.